The molecule has 1 aliphatic heterocycles. The largest absolute Gasteiger partial charge is 0.460 e. The monoisotopic (exact) mass is 385 g/mol. The minimum Gasteiger partial charge on any atom is -0.460 e. The Morgan fingerprint density at radius 3 is 2.54 bits per heavy atom. The fraction of sp³-hybridized carbons (Fsp3) is 0.429. The molecule has 0 unspecified atom stereocenters. The highest BCUT2D eigenvalue weighted by Crippen LogP contribution is 2.26. The Morgan fingerprint density at radius 1 is 1.14 bits per heavy atom. The zero-order valence-corrected chi connectivity index (χ0v) is 16.4. The van der Waals surface area contributed by atoms with Crippen LogP contribution >= 0.6 is 0 Å². The first-order valence-electron chi connectivity index (χ1n) is 9.91. The van der Waals surface area contributed by atoms with Crippen LogP contribution in [-0.2, 0) is 17.8 Å². The summed E-state index contributed by atoms with van der Waals surface area (Å²) in [5.41, 5.74) is 2.71. The molecule has 1 aromatic carbocycles. The lowest BCUT2D eigenvalue weighted by molar-refractivity contribution is -1.02. The Hall–Kier alpha value is -2.64. The molecule has 0 atom stereocenters. The number of hydrogen-bond donors (Lipinski definition) is 2. The number of nitrogens with one attached hydrogen (secondary N) is 2. The third kappa shape index (κ3) is 3.95. The van der Waals surface area contributed by atoms with E-state index >= 15 is 0 Å². The molecule has 3 heterocycles. The van der Waals surface area contributed by atoms with E-state index in [1.54, 1.807) is 0 Å². The standard InChI is InChI=1S/C21H25N3O4/c1-3-26-21(25)20-18(17-6-4-5-7-19(17)27-20)14-24-10-8-23(9-11-24)13-16-12-15(2)28-22-16/h4-7,12H,3,8-11,13-14H2,1-2H3/p+2. The van der Waals surface area contributed by atoms with Crippen LogP contribution in [-0.4, -0.2) is 43.9 Å². The van der Waals surface area contributed by atoms with Crippen LogP contribution in [0.25, 0.3) is 11.0 Å². The van der Waals surface area contributed by atoms with Gasteiger partial charge in [-0.3, -0.25) is 0 Å². The molecule has 1 saturated heterocycles. The van der Waals surface area contributed by atoms with Gasteiger partial charge in [0.1, 0.15) is 56.3 Å². The quantitative estimate of drug-likeness (QED) is 0.601. The second-order valence-corrected chi connectivity index (χ2v) is 7.41. The number of furan rings is 1. The Morgan fingerprint density at radius 2 is 1.86 bits per heavy atom. The number of para-hydroxylation sites is 1. The molecule has 0 amide bonds. The van der Waals surface area contributed by atoms with Gasteiger partial charge < -0.3 is 23.5 Å². The van der Waals surface area contributed by atoms with Gasteiger partial charge in [-0.05, 0) is 19.9 Å². The van der Waals surface area contributed by atoms with Gasteiger partial charge in [-0.1, -0.05) is 23.4 Å². The lowest BCUT2D eigenvalue weighted by Crippen LogP contribution is -3.27. The number of carbonyl (C=O) groups excluding carboxylic acids is 1. The molecule has 2 N–H and O–H groups in total. The maximum atomic E-state index is 12.4. The maximum absolute atomic E-state index is 12.4. The van der Waals surface area contributed by atoms with E-state index < -0.39 is 0 Å². The maximum Gasteiger partial charge on any atom is 0.374 e. The Kier molecular flexibility index (Phi) is 5.45. The molecule has 4 rings (SSSR count). The van der Waals surface area contributed by atoms with Crippen molar-refractivity contribution in [1.82, 2.24) is 5.16 Å². The van der Waals surface area contributed by atoms with E-state index in [2.05, 4.69) is 5.16 Å². The molecule has 0 radical (unpaired) electrons. The second kappa shape index (κ2) is 8.16. The summed E-state index contributed by atoms with van der Waals surface area (Å²) in [5.74, 6) is 0.833. The fourth-order valence-electron chi connectivity index (χ4n) is 3.95. The minimum absolute atomic E-state index is 0.339. The van der Waals surface area contributed by atoms with Crippen LogP contribution in [0, 0.1) is 6.92 Å². The van der Waals surface area contributed by atoms with E-state index in [1.807, 2.05) is 44.2 Å². The molecule has 7 heteroatoms. The number of nitrogens with zero attached hydrogens (tertiary/aromatic N) is 1. The number of aromatic nitrogens is 1. The molecule has 0 aliphatic carbocycles. The molecule has 2 aromatic heterocycles. The number of rotatable bonds is 6. The smallest absolute Gasteiger partial charge is 0.374 e. The van der Waals surface area contributed by atoms with Crippen LogP contribution < -0.4 is 9.80 Å². The molecular weight excluding hydrogens is 358 g/mol. The second-order valence-electron chi connectivity index (χ2n) is 7.41. The van der Waals surface area contributed by atoms with Gasteiger partial charge in [0.2, 0.25) is 5.76 Å². The van der Waals surface area contributed by atoms with Gasteiger partial charge in [0.05, 0.1) is 12.2 Å². The normalized spacial score (nSPS) is 19.8. The van der Waals surface area contributed by atoms with Crippen LogP contribution in [0.5, 0.6) is 0 Å². The molecule has 7 nitrogen and oxygen atoms in total. The summed E-state index contributed by atoms with van der Waals surface area (Å²) in [4.78, 5) is 15.4. The summed E-state index contributed by atoms with van der Waals surface area (Å²) in [6.07, 6.45) is 0. The highest BCUT2D eigenvalue weighted by molar-refractivity contribution is 5.96. The predicted octanol–water partition coefficient (Wildman–Crippen LogP) is 0.390. The highest BCUT2D eigenvalue weighted by atomic mass is 16.5. The molecule has 28 heavy (non-hydrogen) atoms. The topological polar surface area (TPSA) is 74.3 Å². The number of carbonyl (C=O) groups is 1. The number of aryl methyl sites for hydroxylation is 1. The molecule has 0 saturated carbocycles. The van der Waals surface area contributed by atoms with Crippen molar-refractivity contribution in [2.45, 2.75) is 26.9 Å². The van der Waals surface area contributed by atoms with Crippen molar-refractivity contribution in [3.8, 4) is 0 Å². The molecule has 1 fully saturated rings. The van der Waals surface area contributed by atoms with Crippen molar-refractivity contribution in [1.29, 1.82) is 0 Å². The zero-order chi connectivity index (χ0) is 19.5. The third-order valence-electron chi connectivity index (χ3n) is 5.36. The van der Waals surface area contributed by atoms with Crippen molar-refractivity contribution in [3.05, 3.63) is 53.1 Å². The van der Waals surface area contributed by atoms with E-state index in [-0.39, 0.29) is 5.97 Å². The average molecular weight is 385 g/mol. The summed E-state index contributed by atoms with van der Waals surface area (Å²) in [6, 6.07) is 9.83. The first-order chi connectivity index (χ1) is 13.6. The Balaban J connectivity index is 1.45. The lowest BCUT2D eigenvalue weighted by Gasteiger charge is -2.29. The number of quaternary nitrogens is 2. The fourth-order valence-corrected chi connectivity index (χ4v) is 3.95. The molecule has 0 bridgehead atoms. The third-order valence-corrected chi connectivity index (χ3v) is 5.36. The number of hydrogen-bond acceptors (Lipinski definition) is 5. The van der Waals surface area contributed by atoms with Crippen LogP contribution in [0.4, 0.5) is 0 Å². The van der Waals surface area contributed by atoms with Crippen molar-refractivity contribution in [2.75, 3.05) is 32.8 Å². The van der Waals surface area contributed by atoms with Crippen molar-refractivity contribution < 1.29 is 28.3 Å². The number of esters is 1. The van der Waals surface area contributed by atoms with Crippen LogP contribution in [0.2, 0.25) is 0 Å². The highest BCUT2D eigenvalue weighted by Gasteiger charge is 2.29. The zero-order valence-electron chi connectivity index (χ0n) is 16.4. The van der Waals surface area contributed by atoms with Crippen molar-refractivity contribution in [2.24, 2.45) is 0 Å². The molecule has 3 aromatic rings. The SMILES string of the molecule is CCOC(=O)c1oc2ccccc2c1C[NH+]1CC[NH+](Cc2cc(C)on2)CC1. The summed E-state index contributed by atoms with van der Waals surface area (Å²) in [7, 11) is 0. The summed E-state index contributed by atoms with van der Waals surface area (Å²) in [5, 5.41) is 5.11. The first-order valence-corrected chi connectivity index (χ1v) is 9.91. The summed E-state index contributed by atoms with van der Waals surface area (Å²) in [6.45, 7) is 9.92. The minimum atomic E-state index is -0.376. The summed E-state index contributed by atoms with van der Waals surface area (Å²) < 4.78 is 16.2. The lowest BCUT2D eigenvalue weighted by atomic mass is 10.1. The van der Waals surface area contributed by atoms with Gasteiger partial charge in [-0.25, -0.2) is 4.79 Å². The van der Waals surface area contributed by atoms with Gasteiger partial charge in [0.15, 0.2) is 0 Å². The molecule has 148 valence electrons. The van der Waals surface area contributed by atoms with E-state index in [0.717, 1.165) is 67.3 Å². The number of piperazine rings is 1. The van der Waals surface area contributed by atoms with Gasteiger partial charge in [0.25, 0.3) is 0 Å². The first kappa shape index (κ1) is 18.7. The molecule has 0 spiro atoms. The summed E-state index contributed by atoms with van der Waals surface area (Å²) >= 11 is 0. The number of fused-ring (bicyclic) bond motifs is 1. The van der Waals surface area contributed by atoms with Gasteiger partial charge >= 0.3 is 5.97 Å². The molecule has 1 aliphatic rings. The Labute approximate surface area is 163 Å². The number of benzene rings is 1. The van der Waals surface area contributed by atoms with Crippen molar-refractivity contribution >= 4 is 16.9 Å². The van der Waals surface area contributed by atoms with Gasteiger partial charge in [-0.15, -0.1) is 0 Å². The predicted molar refractivity (Wildman–Crippen MR) is 102 cm³/mol. The Bertz CT molecular complexity index is 954. The molecular formula is C21H27N3O4+2. The van der Waals surface area contributed by atoms with E-state index in [0.29, 0.717) is 12.4 Å². The van der Waals surface area contributed by atoms with E-state index in [4.69, 9.17) is 13.7 Å². The van der Waals surface area contributed by atoms with Crippen LogP contribution in [0.15, 0.2) is 39.3 Å². The van der Waals surface area contributed by atoms with E-state index in [1.165, 1.54) is 9.80 Å². The van der Waals surface area contributed by atoms with Crippen LogP contribution in [0.1, 0.15) is 34.5 Å². The van der Waals surface area contributed by atoms with Crippen molar-refractivity contribution in [3.63, 3.8) is 0 Å². The average Bonchev–Trinajstić information content (AvgIpc) is 3.27. The van der Waals surface area contributed by atoms with E-state index in [9.17, 15) is 4.79 Å². The number of ether oxygens (including phenoxy) is 1. The van der Waals surface area contributed by atoms with Crippen LogP contribution in [0.3, 0.4) is 0 Å². The van der Waals surface area contributed by atoms with Gasteiger partial charge in [-0.2, -0.15) is 0 Å². The van der Waals surface area contributed by atoms with Gasteiger partial charge in [0, 0.05) is 11.5 Å².